The van der Waals surface area contributed by atoms with E-state index in [0.717, 1.165) is 12.1 Å². The maximum atomic E-state index is 13.4. The maximum Gasteiger partial charge on any atom is 0.408 e. The number of nitrogens with one attached hydrogen (secondary N) is 1. The molecule has 0 radical (unpaired) electrons. The van der Waals surface area contributed by atoms with Crippen molar-refractivity contribution in [3.8, 4) is 5.75 Å². The van der Waals surface area contributed by atoms with Crippen LogP contribution in [0.2, 0.25) is 0 Å². The van der Waals surface area contributed by atoms with Crippen LogP contribution < -0.4 is 10.1 Å². The first-order chi connectivity index (χ1) is 12.8. The average Bonchev–Trinajstić information content (AvgIpc) is 2.50. The fourth-order valence-corrected chi connectivity index (χ4v) is 1.97. The zero-order chi connectivity index (χ0) is 21.6. The van der Waals surface area contributed by atoms with Crippen molar-refractivity contribution in [3.63, 3.8) is 0 Å². The maximum absolute atomic E-state index is 13.4. The van der Waals surface area contributed by atoms with Crippen LogP contribution in [-0.4, -0.2) is 50.9 Å². The zero-order valence-electron chi connectivity index (χ0n) is 15.2. The van der Waals surface area contributed by atoms with Crippen LogP contribution in [0.5, 0.6) is 5.75 Å². The fourth-order valence-electron chi connectivity index (χ4n) is 1.97. The first-order valence-corrected chi connectivity index (χ1v) is 7.86. The van der Waals surface area contributed by atoms with Gasteiger partial charge in [-0.2, -0.15) is 0 Å². The highest BCUT2D eigenvalue weighted by Gasteiger charge is 2.32. The van der Waals surface area contributed by atoms with E-state index >= 15 is 0 Å². The lowest BCUT2D eigenvalue weighted by molar-refractivity contribution is -0.386. The average molecular weight is 402 g/mol. The minimum absolute atomic E-state index is 0.602. The molecule has 0 saturated heterocycles. The molecule has 1 aromatic rings. The third kappa shape index (κ3) is 7.05. The summed E-state index contributed by atoms with van der Waals surface area (Å²) in [7, 11) is 0. The van der Waals surface area contributed by atoms with Gasteiger partial charge >= 0.3 is 23.7 Å². The van der Waals surface area contributed by atoms with Crippen LogP contribution in [-0.2, 0) is 14.3 Å². The molecule has 0 fully saturated rings. The number of carboxylic acids is 2. The highest BCUT2D eigenvalue weighted by Crippen LogP contribution is 2.29. The van der Waals surface area contributed by atoms with Crippen molar-refractivity contribution in [3.05, 3.63) is 34.1 Å². The van der Waals surface area contributed by atoms with E-state index in [9.17, 15) is 39.1 Å². The summed E-state index contributed by atoms with van der Waals surface area (Å²) >= 11 is 0. The number of rotatable bonds is 8. The van der Waals surface area contributed by atoms with E-state index in [4.69, 9.17) is 9.47 Å². The van der Waals surface area contributed by atoms with Crippen LogP contribution in [0.3, 0.4) is 0 Å². The van der Waals surface area contributed by atoms with E-state index in [-0.39, 0.29) is 0 Å². The normalized spacial score (nSPS) is 13.1. The number of ether oxygens (including phenoxy) is 2. The highest BCUT2D eigenvalue weighted by molar-refractivity contribution is 5.81. The monoisotopic (exact) mass is 402 g/mol. The largest absolute Gasteiger partial charge is 0.480 e. The number of nitro groups is 1. The first kappa shape index (κ1) is 22.6. The Morgan fingerprint density at radius 2 is 1.86 bits per heavy atom. The minimum atomic E-state index is -1.93. The lowest BCUT2D eigenvalue weighted by Gasteiger charge is -2.23. The highest BCUT2D eigenvalue weighted by atomic mass is 19.1. The second-order valence-electron chi connectivity index (χ2n) is 6.59. The Kier molecular flexibility index (Phi) is 7.24. The Labute approximate surface area is 158 Å². The van der Waals surface area contributed by atoms with Crippen LogP contribution >= 0.6 is 0 Å². The molecule has 28 heavy (non-hydrogen) atoms. The molecular formula is C16H19FN2O9. The third-order valence-corrected chi connectivity index (χ3v) is 3.10. The summed E-state index contributed by atoms with van der Waals surface area (Å²) in [4.78, 5) is 44.6. The lowest BCUT2D eigenvalue weighted by Crippen LogP contribution is -2.47. The van der Waals surface area contributed by atoms with Crippen LogP contribution in [0.15, 0.2) is 18.2 Å². The summed E-state index contributed by atoms with van der Waals surface area (Å²) in [5, 5.41) is 31.4. The van der Waals surface area contributed by atoms with Gasteiger partial charge in [0.2, 0.25) is 5.75 Å². The van der Waals surface area contributed by atoms with Gasteiger partial charge in [0.15, 0.2) is 6.10 Å². The Hall–Kier alpha value is -3.44. The summed E-state index contributed by atoms with van der Waals surface area (Å²) in [5.41, 5.74) is -1.64. The van der Waals surface area contributed by atoms with Gasteiger partial charge in [-0.3, -0.25) is 10.1 Å². The van der Waals surface area contributed by atoms with Gasteiger partial charge in [0, 0.05) is 18.6 Å². The lowest BCUT2D eigenvalue weighted by atomic mass is 10.1. The van der Waals surface area contributed by atoms with Crippen molar-refractivity contribution in [2.75, 3.05) is 0 Å². The van der Waals surface area contributed by atoms with Crippen molar-refractivity contribution in [1.29, 1.82) is 0 Å². The smallest absolute Gasteiger partial charge is 0.408 e. The van der Waals surface area contributed by atoms with Gasteiger partial charge in [0.1, 0.15) is 17.5 Å². The van der Waals surface area contributed by atoms with Crippen LogP contribution in [0, 0.1) is 15.9 Å². The van der Waals surface area contributed by atoms with Crippen molar-refractivity contribution in [2.45, 2.75) is 44.9 Å². The van der Waals surface area contributed by atoms with E-state index in [2.05, 4.69) is 0 Å². The minimum Gasteiger partial charge on any atom is -0.480 e. The van der Waals surface area contributed by atoms with Gasteiger partial charge in [0.05, 0.1) is 4.92 Å². The molecule has 0 aliphatic heterocycles. The number of nitrogens with zero attached hydrogens (tertiary/aromatic N) is 1. The SMILES string of the molecule is CC(C)(C)OC(=O)N[C@@H](C[C@H](Oc1cc(F)ccc1[N+](=O)[O-])C(=O)O)C(=O)O. The molecule has 0 bridgehead atoms. The molecule has 3 N–H and O–H groups in total. The number of halogens is 1. The van der Waals surface area contributed by atoms with Crippen LogP contribution in [0.4, 0.5) is 14.9 Å². The molecule has 0 aromatic heterocycles. The molecule has 154 valence electrons. The van der Waals surface area contributed by atoms with Gasteiger partial charge in [-0.05, 0) is 26.8 Å². The topological polar surface area (TPSA) is 165 Å². The quantitative estimate of drug-likeness (QED) is 0.435. The second-order valence-corrected chi connectivity index (χ2v) is 6.59. The Morgan fingerprint density at radius 1 is 1.25 bits per heavy atom. The van der Waals surface area contributed by atoms with E-state index < -0.39 is 64.4 Å². The molecule has 2 atom stereocenters. The van der Waals surface area contributed by atoms with Gasteiger partial charge in [0.25, 0.3) is 0 Å². The van der Waals surface area contributed by atoms with E-state index in [0.29, 0.717) is 6.07 Å². The Morgan fingerprint density at radius 3 is 2.32 bits per heavy atom. The number of carbonyl (C=O) groups is 3. The van der Waals surface area contributed by atoms with Gasteiger partial charge in [-0.1, -0.05) is 0 Å². The molecule has 0 saturated carbocycles. The fraction of sp³-hybridized carbons (Fsp3) is 0.438. The van der Waals surface area contributed by atoms with Crippen molar-refractivity contribution in [2.24, 2.45) is 0 Å². The van der Waals surface area contributed by atoms with Gasteiger partial charge in [-0.25, -0.2) is 18.8 Å². The summed E-state index contributed by atoms with van der Waals surface area (Å²) in [6.45, 7) is 4.61. The molecule has 1 amide bonds. The molecule has 0 aliphatic carbocycles. The van der Waals surface area contributed by atoms with Crippen molar-refractivity contribution in [1.82, 2.24) is 5.32 Å². The number of hydrogen-bond donors (Lipinski definition) is 3. The summed E-state index contributed by atoms with van der Waals surface area (Å²) in [6, 6.07) is 0.413. The molecular weight excluding hydrogens is 383 g/mol. The Balaban J connectivity index is 3.03. The summed E-state index contributed by atoms with van der Waals surface area (Å²) in [5.74, 6) is -4.88. The van der Waals surface area contributed by atoms with E-state index in [1.807, 2.05) is 5.32 Å². The number of nitro benzene ring substituents is 1. The molecule has 0 spiro atoms. The van der Waals surface area contributed by atoms with Gasteiger partial charge in [-0.15, -0.1) is 0 Å². The molecule has 12 heteroatoms. The number of benzene rings is 1. The zero-order valence-corrected chi connectivity index (χ0v) is 15.2. The third-order valence-electron chi connectivity index (χ3n) is 3.10. The van der Waals surface area contributed by atoms with Crippen LogP contribution in [0.1, 0.15) is 27.2 Å². The van der Waals surface area contributed by atoms with Gasteiger partial charge < -0.3 is 25.0 Å². The Bertz CT molecular complexity index is 776. The predicted molar refractivity (Wildman–Crippen MR) is 90.5 cm³/mol. The summed E-state index contributed by atoms with van der Waals surface area (Å²) < 4.78 is 23.2. The standard InChI is InChI=1S/C16H19FN2O9/c1-16(2,3)28-15(24)18-9(13(20)21)7-12(14(22)23)27-11-6-8(17)4-5-10(11)19(25)26/h4-6,9,12H,7H2,1-3H3,(H,18,24)(H,20,21)(H,22,23)/t9-,12-/m0/s1. The molecule has 1 aromatic carbocycles. The van der Waals surface area contributed by atoms with Crippen LogP contribution in [0.25, 0.3) is 0 Å². The number of aliphatic carboxylic acids is 2. The number of carboxylic acid groups (broad SMARTS) is 2. The summed E-state index contributed by atoms with van der Waals surface area (Å²) in [6.07, 6.45) is -3.85. The van der Waals surface area contributed by atoms with E-state index in [1.165, 1.54) is 20.8 Å². The number of hydrogen-bond acceptors (Lipinski definition) is 7. The molecule has 0 heterocycles. The molecule has 11 nitrogen and oxygen atoms in total. The second kappa shape index (κ2) is 8.97. The molecule has 0 aliphatic rings. The molecule has 0 unspecified atom stereocenters. The van der Waals surface area contributed by atoms with Crippen molar-refractivity contribution >= 4 is 23.7 Å². The van der Waals surface area contributed by atoms with E-state index in [1.54, 1.807) is 0 Å². The molecule has 1 rings (SSSR count). The number of alkyl carbamates (subject to hydrolysis) is 1. The first-order valence-electron chi connectivity index (χ1n) is 7.86. The predicted octanol–water partition coefficient (Wildman–Crippen LogP) is 1.93. The number of amides is 1. The van der Waals surface area contributed by atoms with Crippen molar-refractivity contribution < 1.29 is 43.4 Å². The number of carbonyl (C=O) groups excluding carboxylic acids is 1.